The minimum Gasteiger partial charge on any atom is -0.344 e. The summed E-state index contributed by atoms with van der Waals surface area (Å²) in [5, 5.41) is 1.31. The van der Waals surface area contributed by atoms with Crippen LogP contribution in [0.15, 0.2) is 54.6 Å². The standard InChI is InChI=1S/C17H17N/c1-3-13-8-4-6-10-15(13)17-12-14-9-5-7-11-16(14)18(17)2/h4-12H,3H2,1-2H3. The first kappa shape index (κ1) is 11.1. The zero-order valence-corrected chi connectivity index (χ0v) is 10.9. The molecule has 0 amide bonds. The summed E-state index contributed by atoms with van der Waals surface area (Å²) in [5.41, 5.74) is 5.34. The first-order valence-corrected chi connectivity index (χ1v) is 6.44. The number of para-hydroxylation sites is 1. The second kappa shape index (κ2) is 4.34. The van der Waals surface area contributed by atoms with Crippen LogP contribution in [0, 0.1) is 0 Å². The molecule has 1 nitrogen and oxygen atoms in total. The van der Waals surface area contributed by atoms with Crippen LogP contribution < -0.4 is 0 Å². The lowest BCUT2D eigenvalue weighted by Crippen LogP contribution is -1.94. The van der Waals surface area contributed by atoms with E-state index in [9.17, 15) is 0 Å². The zero-order chi connectivity index (χ0) is 12.5. The molecule has 2 aromatic carbocycles. The smallest absolute Gasteiger partial charge is 0.0491 e. The molecule has 0 spiro atoms. The van der Waals surface area contributed by atoms with Gasteiger partial charge in [0.15, 0.2) is 0 Å². The first-order chi connectivity index (χ1) is 8.81. The molecule has 1 aromatic heterocycles. The van der Waals surface area contributed by atoms with E-state index in [2.05, 4.69) is 73.1 Å². The van der Waals surface area contributed by atoms with Crippen molar-refractivity contribution in [3.8, 4) is 11.3 Å². The molecule has 3 aromatic rings. The summed E-state index contributed by atoms with van der Waals surface area (Å²) in [4.78, 5) is 0. The predicted octanol–water partition coefficient (Wildman–Crippen LogP) is 4.41. The van der Waals surface area contributed by atoms with Crippen molar-refractivity contribution in [1.29, 1.82) is 0 Å². The Kier molecular flexibility index (Phi) is 2.67. The molecule has 0 radical (unpaired) electrons. The van der Waals surface area contributed by atoms with E-state index in [1.54, 1.807) is 0 Å². The third-order valence-corrected chi connectivity index (χ3v) is 3.63. The quantitative estimate of drug-likeness (QED) is 0.620. The van der Waals surface area contributed by atoms with Gasteiger partial charge in [0.1, 0.15) is 0 Å². The van der Waals surface area contributed by atoms with Gasteiger partial charge in [-0.3, -0.25) is 0 Å². The average molecular weight is 235 g/mol. The highest BCUT2D eigenvalue weighted by molar-refractivity contribution is 5.87. The van der Waals surface area contributed by atoms with E-state index >= 15 is 0 Å². The number of hydrogen-bond donors (Lipinski definition) is 0. The van der Waals surface area contributed by atoms with Crippen molar-refractivity contribution >= 4 is 10.9 Å². The molecule has 0 aliphatic heterocycles. The van der Waals surface area contributed by atoms with Crippen LogP contribution in [0.1, 0.15) is 12.5 Å². The van der Waals surface area contributed by atoms with Crippen LogP contribution in [-0.4, -0.2) is 4.57 Å². The van der Waals surface area contributed by atoms with Crippen LogP contribution in [0.2, 0.25) is 0 Å². The lowest BCUT2D eigenvalue weighted by molar-refractivity contribution is 0.973. The molecular weight excluding hydrogens is 218 g/mol. The predicted molar refractivity (Wildman–Crippen MR) is 77.7 cm³/mol. The van der Waals surface area contributed by atoms with Crippen molar-refractivity contribution in [2.75, 3.05) is 0 Å². The largest absolute Gasteiger partial charge is 0.344 e. The minimum absolute atomic E-state index is 1.07. The molecule has 0 saturated carbocycles. The van der Waals surface area contributed by atoms with Gasteiger partial charge in [-0.15, -0.1) is 0 Å². The molecule has 0 bridgehead atoms. The molecule has 0 fully saturated rings. The van der Waals surface area contributed by atoms with Crippen molar-refractivity contribution in [3.63, 3.8) is 0 Å². The summed E-state index contributed by atoms with van der Waals surface area (Å²) in [5.74, 6) is 0. The number of aryl methyl sites for hydroxylation is 2. The molecule has 0 aliphatic rings. The van der Waals surface area contributed by atoms with Gasteiger partial charge >= 0.3 is 0 Å². The van der Waals surface area contributed by atoms with Crippen LogP contribution in [0.4, 0.5) is 0 Å². The number of fused-ring (bicyclic) bond motifs is 1. The molecule has 0 N–H and O–H groups in total. The van der Waals surface area contributed by atoms with Gasteiger partial charge in [0.2, 0.25) is 0 Å². The molecule has 0 atom stereocenters. The van der Waals surface area contributed by atoms with Crippen molar-refractivity contribution in [2.24, 2.45) is 7.05 Å². The van der Waals surface area contributed by atoms with Crippen LogP contribution in [-0.2, 0) is 13.5 Å². The summed E-state index contributed by atoms with van der Waals surface area (Å²) < 4.78 is 2.28. The Labute approximate surface area is 108 Å². The maximum Gasteiger partial charge on any atom is 0.0491 e. The van der Waals surface area contributed by atoms with Crippen LogP contribution in [0.25, 0.3) is 22.2 Å². The fraction of sp³-hybridized carbons (Fsp3) is 0.176. The highest BCUT2D eigenvalue weighted by atomic mass is 14.9. The van der Waals surface area contributed by atoms with Gasteiger partial charge in [0, 0.05) is 29.2 Å². The Morgan fingerprint density at radius 1 is 0.944 bits per heavy atom. The van der Waals surface area contributed by atoms with Crippen LogP contribution in [0.5, 0.6) is 0 Å². The third-order valence-electron chi connectivity index (χ3n) is 3.63. The Morgan fingerprint density at radius 3 is 2.44 bits per heavy atom. The zero-order valence-electron chi connectivity index (χ0n) is 10.9. The third kappa shape index (κ3) is 1.63. The van der Waals surface area contributed by atoms with E-state index in [1.807, 2.05) is 0 Å². The van der Waals surface area contributed by atoms with Crippen molar-refractivity contribution in [1.82, 2.24) is 4.57 Å². The van der Waals surface area contributed by atoms with Gasteiger partial charge in [-0.05, 0) is 24.1 Å². The average Bonchev–Trinajstić information content (AvgIpc) is 2.76. The SMILES string of the molecule is CCc1ccccc1-c1cc2ccccc2n1C. The maximum absolute atomic E-state index is 2.28. The van der Waals surface area contributed by atoms with Gasteiger partial charge in [0.25, 0.3) is 0 Å². The molecular formula is C17H17N. The monoisotopic (exact) mass is 235 g/mol. The molecule has 90 valence electrons. The fourth-order valence-corrected chi connectivity index (χ4v) is 2.63. The van der Waals surface area contributed by atoms with E-state index in [-0.39, 0.29) is 0 Å². The van der Waals surface area contributed by atoms with Crippen LogP contribution >= 0.6 is 0 Å². The lowest BCUT2D eigenvalue weighted by Gasteiger charge is -2.09. The maximum atomic E-state index is 2.28. The van der Waals surface area contributed by atoms with Gasteiger partial charge < -0.3 is 4.57 Å². The summed E-state index contributed by atoms with van der Waals surface area (Å²) in [6.45, 7) is 2.21. The number of rotatable bonds is 2. The fourth-order valence-electron chi connectivity index (χ4n) is 2.63. The highest BCUT2D eigenvalue weighted by Crippen LogP contribution is 2.29. The Hall–Kier alpha value is -2.02. The lowest BCUT2D eigenvalue weighted by atomic mass is 10.0. The minimum atomic E-state index is 1.07. The number of nitrogens with zero attached hydrogens (tertiary/aromatic N) is 1. The van der Waals surface area contributed by atoms with Crippen LogP contribution in [0.3, 0.4) is 0 Å². The highest BCUT2D eigenvalue weighted by Gasteiger charge is 2.09. The van der Waals surface area contributed by atoms with Gasteiger partial charge in [-0.25, -0.2) is 0 Å². The van der Waals surface area contributed by atoms with Crippen molar-refractivity contribution < 1.29 is 0 Å². The van der Waals surface area contributed by atoms with Gasteiger partial charge in [-0.2, -0.15) is 0 Å². The van der Waals surface area contributed by atoms with Crippen molar-refractivity contribution in [3.05, 3.63) is 60.2 Å². The van der Waals surface area contributed by atoms with E-state index in [4.69, 9.17) is 0 Å². The molecule has 3 rings (SSSR count). The molecule has 18 heavy (non-hydrogen) atoms. The number of hydrogen-bond acceptors (Lipinski definition) is 0. The second-order valence-electron chi connectivity index (χ2n) is 4.66. The van der Waals surface area contributed by atoms with Gasteiger partial charge in [-0.1, -0.05) is 49.4 Å². The van der Waals surface area contributed by atoms with E-state index < -0.39 is 0 Å². The van der Waals surface area contributed by atoms with Gasteiger partial charge in [0.05, 0.1) is 0 Å². The van der Waals surface area contributed by atoms with E-state index in [0.717, 1.165) is 6.42 Å². The van der Waals surface area contributed by atoms with Crippen molar-refractivity contribution in [2.45, 2.75) is 13.3 Å². The summed E-state index contributed by atoms with van der Waals surface area (Å²) in [6.07, 6.45) is 1.07. The van der Waals surface area contributed by atoms with E-state index in [0.29, 0.717) is 0 Å². The number of aromatic nitrogens is 1. The molecule has 0 saturated heterocycles. The second-order valence-corrected chi connectivity index (χ2v) is 4.66. The Bertz CT molecular complexity index is 692. The normalized spacial score (nSPS) is 11.0. The molecule has 0 unspecified atom stereocenters. The number of benzene rings is 2. The molecule has 1 heteroatoms. The molecule has 0 aliphatic carbocycles. The van der Waals surface area contributed by atoms with E-state index in [1.165, 1.54) is 27.7 Å². The summed E-state index contributed by atoms with van der Waals surface area (Å²) in [7, 11) is 2.14. The summed E-state index contributed by atoms with van der Waals surface area (Å²) >= 11 is 0. The summed E-state index contributed by atoms with van der Waals surface area (Å²) in [6, 6.07) is 19.5. The molecule has 1 heterocycles. The topological polar surface area (TPSA) is 4.93 Å². The first-order valence-electron chi connectivity index (χ1n) is 6.44. The Balaban J connectivity index is 2.28. The Morgan fingerprint density at radius 2 is 1.67 bits per heavy atom.